The first-order valence-electron chi connectivity index (χ1n) is 5.56. The molecule has 0 atom stereocenters. The summed E-state index contributed by atoms with van der Waals surface area (Å²) in [4.78, 5) is 12.0. The summed E-state index contributed by atoms with van der Waals surface area (Å²) in [5.41, 5.74) is 0.688. The molecule has 0 aliphatic carbocycles. The Labute approximate surface area is 99.0 Å². The van der Waals surface area contributed by atoms with Crippen molar-refractivity contribution in [1.29, 1.82) is 0 Å². The van der Waals surface area contributed by atoms with Gasteiger partial charge in [0.25, 0.3) is 0 Å². The Morgan fingerprint density at radius 3 is 2.88 bits per heavy atom. The van der Waals surface area contributed by atoms with Gasteiger partial charge in [0.05, 0.1) is 19.3 Å². The van der Waals surface area contributed by atoms with Crippen molar-refractivity contribution >= 4 is 16.6 Å². The standard InChI is InChI=1S/C14H12O3/c1-16-10-4-2-9-3-5-13-14(11(9)8-10)12(15)6-7-17-13/h2-5,8H,6-7H2,1H3. The van der Waals surface area contributed by atoms with Crippen molar-refractivity contribution in [3.63, 3.8) is 0 Å². The maximum Gasteiger partial charge on any atom is 0.170 e. The molecule has 0 N–H and O–H groups in total. The van der Waals surface area contributed by atoms with Crippen molar-refractivity contribution < 1.29 is 14.3 Å². The minimum Gasteiger partial charge on any atom is -0.497 e. The summed E-state index contributed by atoms with van der Waals surface area (Å²) >= 11 is 0. The lowest BCUT2D eigenvalue weighted by Crippen LogP contribution is -2.15. The van der Waals surface area contributed by atoms with Crippen molar-refractivity contribution in [3.05, 3.63) is 35.9 Å². The zero-order valence-corrected chi connectivity index (χ0v) is 9.53. The Bertz CT molecular complexity index is 596. The SMILES string of the molecule is COc1ccc2ccc3c(c2c1)C(=O)CCO3. The molecule has 3 rings (SSSR count). The van der Waals surface area contributed by atoms with Crippen LogP contribution in [0.1, 0.15) is 16.8 Å². The van der Waals surface area contributed by atoms with Gasteiger partial charge in [-0.15, -0.1) is 0 Å². The molecular weight excluding hydrogens is 216 g/mol. The van der Waals surface area contributed by atoms with E-state index in [1.54, 1.807) is 7.11 Å². The van der Waals surface area contributed by atoms with Crippen LogP contribution in [0.3, 0.4) is 0 Å². The zero-order valence-electron chi connectivity index (χ0n) is 9.53. The van der Waals surface area contributed by atoms with E-state index >= 15 is 0 Å². The smallest absolute Gasteiger partial charge is 0.170 e. The van der Waals surface area contributed by atoms with E-state index in [4.69, 9.17) is 9.47 Å². The number of carbonyl (C=O) groups is 1. The van der Waals surface area contributed by atoms with Crippen molar-refractivity contribution in [3.8, 4) is 11.5 Å². The summed E-state index contributed by atoms with van der Waals surface area (Å²) in [5.74, 6) is 1.58. The van der Waals surface area contributed by atoms with Gasteiger partial charge in [-0.1, -0.05) is 12.1 Å². The van der Waals surface area contributed by atoms with Crippen molar-refractivity contribution in [2.45, 2.75) is 6.42 Å². The van der Waals surface area contributed by atoms with Gasteiger partial charge in [-0.25, -0.2) is 0 Å². The Hall–Kier alpha value is -2.03. The third-order valence-electron chi connectivity index (χ3n) is 3.06. The minimum absolute atomic E-state index is 0.144. The number of Topliss-reactive ketones (excluding diaryl/α,β-unsaturated/α-hetero) is 1. The normalized spacial score (nSPS) is 14.3. The fourth-order valence-electron chi connectivity index (χ4n) is 2.19. The molecule has 1 aliphatic heterocycles. The molecule has 0 amide bonds. The summed E-state index contributed by atoms with van der Waals surface area (Å²) in [6, 6.07) is 9.56. The summed E-state index contributed by atoms with van der Waals surface area (Å²) in [5, 5.41) is 1.94. The van der Waals surface area contributed by atoms with Crippen molar-refractivity contribution in [2.75, 3.05) is 13.7 Å². The molecule has 0 saturated heterocycles. The van der Waals surface area contributed by atoms with E-state index in [9.17, 15) is 4.79 Å². The quantitative estimate of drug-likeness (QED) is 0.752. The van der Waals surface area contributed by atoms with E-state index < -0.39 is 0 Å². The van der Waals surface area contributed by atoms with Gasteiger partial charge in [0.15, 0.2) is 5.78 Å². The number of rotatable bonds is 1. The molecule has 0 spiro atoms. The second kappa shape index (κ2) is 3.77. The topological polar surface area (TPSA) is 35.5 Å². The lowest BCUT2D eigenvalue weighted by Gasteiger charge is -2.18. The molecule has 1 heterocycles. The first-order chi connectivity index (χ1) is 8.29. The molecule has 3 nitrogen and oxygen atoms in total. The van der Waals surface area contributed by atoms with Crippen LogP contribution in [0.15, 0.2) is 30.3 Å². The van der Waals surface area contributed by atoms with Crippen LogP contribution < -0.4 is 9.47 Å². The number of carbonyl (C=O) groups excluding carboxylic acids is 1. The third-order valence-corrected chi connectivity index (χ3v) is 3.06. The number of ether oxygens (including phenoxy) is 2. The summed E-state index contributed by atoms with van der Waals surface area (Å²) in [7, 11) is 1.62. The van der Waals surface area contributed by atoms with Crippen LogP contribution in [0.25, 0.3) is 10.8 Å². The molecule has 3 heteroatoms. The molecule has 2 aromatic rings. The Morgan fingerprint density at radius 1 is 1.24 bits per heavy atom. The van der Waals surface area contributed by atoms with Gasteiger partial charge in [-0.05, 0) is 29.0 Å². The van der Waals surface area contributed by atoms with Crippen LogP contribution >= 0.6 is 0 Å². The van der Waals surface area contributed by atoms with Crippen LogP contribution in [0.2, 0.25) is 0 Å². The highest BCUT2D eigenvalue weighted by atomic mass is 16.5. The van der Waals surface area contributed by atoms with E-state index in [1.807, 2.05) is 30.3 Å². The number of methoxy groups -OCH3 is 1. The van der Waals surface area contributed by atoms with Gasteiger partial charge in [-0.3, -0.25) is 4.79 Å². The van der Waals surface area contributed by atoms with Gasteiger partial charge in [0.1, 0.15) is 11.5 Å². The molecule has 0 radical (unpaired) electrons. The zero-order chi connectivity index (χ0) is 11.8. The average molecular weight is 228 g/mol. The van der Waals surface area contributed by atoms with Gasteiger partial charge < -0.3 is 9.47 Å². The molecule has 86 valence electrons. The highest BCUT2D eigenvalue weighted by Crippen LogP contribution is 2.33. The van der Waals surface area contributed by atoms with Gasteiger partial charge >= 0.3 is 0 Å². The van der Waals surface area contributed by atoms with Crippen LogP contribution in [-0.2, 0) is 0 Å². The van der Waals surface area contributed by atoms with Crippen LogP contribution in [0, 0.1) is 0 Å². The third kappa shape index (κ3) is 1.55. The van der Waals surface area contributed by atoms with E-state index in [2.05, 4.69) is 0 Å². The monoisotopic (exact) mass is 228 g/mol. The lowest BCUT2D eigenvalue weighted by atomic mass is 9.97. The van der Waals surface area contributed by atoms with E-state index in [1.165, 1.54) is 0 Å². The van der Waals surface area contributed by atoms with E-state index in [0.29, 0.717) is 24.3 Å². The fourth-order valence-corrected chi connectivity index (χ4v) is 2.19. The maximum atomic E-state index is 12.0. The molecule has 0 saturated carbocycles. The summed E-state index contributed by atoms with van der Waals surface area (Å²) in [6.45, 7) is 0.474. The first kappa shape index (κ1) is 10.1. The number of hydrogen-bond donors (Lipinski definition) is 0. The van der Waals surface area contributed by atoms with Crippen molar-refractivity contribution in [1.82, 2.24) is 0 Å². The van der Waals surface area contributed by atoms with Gasteiger partial charge in [-0.2, -0.15) is 0 Å². The molecule has 17 heavy (non-hydrogen) atoms. The second-order valence-electron chi connectivity index (χ2n) is 4.05. The molecule has 0 bridgehead atoms. The highest BCUT2D eigenvalue weighted by molar-refractivity contribution is 6.11. The van der Waals surface area contributed by atoms with Crippen LogP contribution in [0.4, 0.5) is 0 Å². The molecular formula is C14H12O3. The Kier molecular flexibility index (Phi) is 2.25. The first-order valence-corrected chi connectivity index (χ1v) is 5.56. The number of benzene rings is 2. The molecule has 0 unspecified atom stereocenters. The van der Waals surface area contributed by atoms with E-state index in [0.717, 1.165) is 16.5 Å². The van der Waals surface area contributed by atoms with E-state index in [-0.39, 0.29) is 5.78 Å². The highest BCUT2D eigenvalue weighted by Gasteiger charge is 2.21. The largest absolute Gasteiger partial charge is 0.497 e. The molecule has 2 aromatic carbocycles. The number of fused-ring (bicyclic) bond motifs is 3. The fraction of sp³-hybridized carbons (Fsp3) is 0.214. The van der Waals surface area contributed by atoms with Gasteiger partial charge in [0.2, 0.25) is 0 Å². The second-order valence-corrected chi connectivity index (χ2v) is 4.05. The predicted octanol–water partition coefficient (Wildman–Crippen LogP) is 2.81. The predicted molar refractivity (Wildman–Crippen MR) is 64.9 cm³/mol. The molecule has 1 aliphatic rings. The maximum absolute atomic E-state index is 12.0. The average Bonchev–Trinajstić information content (AvgIpc) is 2.38. The summed E-state index contributed by atoms with van der Waals surface area (Å²) in [6.07, 6.45) is 0.448. The van der Waals surface area contributed by atoms with Crippen LogP contribution in [0.5, 0.6) is 11.5 Å². The van der Waals surface area contributed by atoms with Crippen molar-refractivity contribution in [2.24, 2.45) is 0 Å². The Morgan fingerprint density at radius 2 is 2.06 bits per heavy atom. The van der Waals surface area contributed by atoms with Crippen LogP contribution in [-0.4, -0.2) is 19.5 Å². The van der Waals surface area contributed by atoms with Gasteiger partial charge in [0, 0.05) is 6.42 Å². The Balaban J connectivity index is 2.34. The minimum atomic E-state index is 0.144. The number of hydrogen-bond acceptors (Lipinski definition) is 3. The lowest BCUT2D eigenvalue weighted by molar-refractivity contribution is 0.0936. The summed E-state index contributed by atoms with van der Waals surface area (Å²) < 4.78 is 10.7. The molecule has 0 aromatic heterocycles. The molecule has 0 fully saturated rings. The number of ketones is 1.